The number of hydrazone groups is 1. The van der Waals surface area contributed by atoms with Gasteiger partial charge in [-0.2, -0.15) is 5.10 Å². The van der Waals surface area contributed by atoms with Gasteiger partial charge in [0, 0.05) is 11.6 Å². The van der Waals surface area contributed by atoms with Crippen molar-refractivity contribution in [2.45, 2.75) is 19.9 Å². The fourth-order valence-corrected chi connectivity index (χ4v) is 3.38. The number of nitrogens with zero attached hydrogens (tertiary/aromatic N) is 2. The topological polar surface area (TPSA) is 136 Å². The minimum Gasteiger partial charge on any atom is -0.484 e. The summed E-state index contributed by atoms with van der Waals surface area (Å²) in [5.41, 5.74) is 3.23. The first-order chi connectivity index (χ1) is 16.7. The van der Waals surface area contributed by atoms with Crippen LogP contribution < -0.4 is 15.5 Å². The number of hydrogen-bond acceptors (Lipinski definition) is 7. The van der Waals surface area contributed by atoms with Crippen molar-refractivity contribution in [3.05, 3.63) is 80.0 Å². The molecular formula is C23H20Cl2N4O6. The molecule has 0 unspecified atom stereocenters. The molecule has 2 N–H and O–H groups in total. The van der Waals surface area contributed by atoms with Crippen LogP contribution in [0.4, 0.5) is 5.69 Å². The Balaban J connectivity index is 1.53. The van der Waals surface area contributed by atoms with Gasteiger partial charge in [0.25, 0.3) is 17.5 Å². The van der Waals surface area contributed by atoms with E-state index in [1.54, 1.807) is 24.3 Å². The molecule has 0 saturated carbocycles. The predicted octanol–water partition coefficient (Wildman–Crippen LogP) is 4.50. The zero-order valence-corrected chi connectivity index (χ0v) is 20.1. The van der Waals surface area contributed by atoms with Gasteiger partial charge in [-0.25, -0.2) is 5.43 Å². The summed E-state index contributed by atoms with van der Waals surface area (Å²) in [6, 6.07) is 12.0. The number of para-hydroxylation sites is 1. The van der Waals surface area contributed by atoms with Crippen molar-refractivity contribution < 1.29 is 23.7 Å². The van der Waals surface area contributed by atoms with E-state index >= 15 is 0 Å². The minimum absolute atomic E-state index is 0.0863. The molecule has 0 radical (unpaired) electrons. The van der Waals surface area contributed by atoms with E-state index in [9.17, 15) is 19.7 Å². The number of nitrogens with one attached hydrogen (secondary N) is 2. The van der Waals surface area contributed by atoms with Crippen LogP contribution in [0.2, 0.25) is 10.0 Å². The Kier molecular flexibility index (Phi) is 8.45. The number of amides is 2. The first-order valence-corrected chi connectivity index (χ1v) is 11.0. The molecule has 3 rings (SSSR count). The highest BCUT2D eigenvalue weighted by atomic mass is 35.5. The summed E-state index contributed by atoms with van der Waals surface area (Å²) < 4.78 is 11.1. The molecule has 0 aliphatic heterocycles. The Bertz CT molecular complexity index is 1290. The average Bonchev–Trinajstić information content (AvgIpc) is 3.28. The smallest absolute Gasteiger partial charge is 0.289 e. The van der Waals surface area contributed by atoms with Crippen molar-refractivity contribution in [2.75, 3.05) is 6.61 Å². The Morgan fingerprint density at radius 2 is 1.94 bits per heavy atom. The van der Waals surface area contributed by atoms with Crippen LogP contribution >= 0.6 is 23.2 Å². The SMILES string of the molecule is Cc1ccccc1OCC(=O)N[C@H](C)C(=O)N/N=C\c1ccc(-c2cc(Cl)c([N+](=O)[O-])cc2Cl)o1. The largest absolute Gasteiger partial charge is 0.484 e. The van der Waals surface area contributed by atoms with Crippen LogP contribution in [0.25, 0.3) is 11.3 Å². The Morgan fingerprint density at radius 1 is 1.20 bits per heavy atom. The highest BCUT2D eigenvalue weighted by molar-refractivity contribution is 6.36. The maximum Gasteiger partial charge on any atom is 0.289 e. The predicted molar refractivity (Wildman–Crippen MR) is 131 cm³/mol. The maximum absolute atomic E-state index is 12.2. The van der Waals surface area contributed by atoms with Crippen LogP contribution in [0.3, 0.4) is 0 Å². The van der Waals surface area contributed by atoms with Gasteiger partial charge >= 0.3 is 0 Å². The molecule has 12 heteroatoms. The van der Waals surface area contributed by atoms with Gasteiger partial charge in [-0.05, 0) is 43.7 Å². The quantitative estimate of drug-likeness (QED) is 0.243. The zero-order valence-electron chi connectivity index (χ0n) is 18.6. The minimum atomic E-state index is -0.867. The molecule has 0 aliphatic rings. The zero-order chi connectivity index (χ0) is 25.5. The van der Waals surface area contributed by atoms with Gasteiger partial charge in [0.05, 0.1) is 16.2 Å². The molecule has 10 nitrogen and oxygen atoms in total. The van der Waals surface area contributed by atoms with Gasteiger partial charge in [0.15, 0.2) is 6.61 Å². The maximum atomic E-state index is 12.2. The lowest BCUT2D eigenvalue weighted by Crippen LogP contribution is -2.45. The van der Waals surface area contributed by atoms with E-state index in [4.69, 9.17) is 32.4 Å². The summed E-state index contributed by atoms with van der Waals surface area (Å²) in [4.78, 5) is 34.6. The van der Waals surface area contributed by atoms with E-state index in [0.717, 1.165) is 11.6 Å². The third-order valence-corrected chi connectivity index (χ3v) is 5.33. The van der Waals surface area contributed by atoms with Crippen molar-refractivity contribution in [1.82, 2.24) is 10.7 Å². The number of halogens is 2. The fraction of sp³-hybridized carbons (Fsp3) is 0.174. The van der Waals surface area contributed by atoms with Crippen molar-refractivity contribution in [3.8, 4) is 17.1 Å². The lowest BCUT2D eigenvalue weighted by molar-refractivity contribution is -0.384. The molecule has 0 aliphatic carbocycles. The summed E-state index contributed by atoms with van der Waals surface area (Å²) in [6.45, 7) is 3.12. The first kappa shape index (κ1) is 25.7. The average molecular weight is 519 g/mol. The van der Waals surface area contributed by atoms with Gasteiger partial charge in [-0.1, -0.05) is 41.4 Å². The Morgan fingerprint density at radius 3 is 2.66 bits per heavy atom. The molecule has 182 valence electrons. The number of rotatable bonds is 9. The third-order valence-electron chi connectivity index (χ3n) is 4.72. The molecule has 3 aromatic rings. The van der Waals surface area contributed by atoms with Crippen LogP contribution in [0.5, 0.6) is 5.75 Å². The molecule has 0 fully saturated rings. The normalized spacial score (nSPS) is 11.8. The molecule has 2 aromatic carbocycles. The lowest BCUT2D eigenvalue weighted by atomic mass is 10.1. The second-order valence-corrected chi connectivity index (χ2v) is 8.13. The molecule has 0 spiro atoms. The van der Waals surface area contributed by atoms with Crippen LogP contribution in [-0.2, 0) is 9.59 Å². The summed E-state index contributed by atoms with van der Waals surface area (Å²) in [5, 5.41) is 17.3. The summed E-state index contributed by atoms with van der Waals surface area (Å²) in [5.74, 6) is 0.138. The molecule has 1 aromatic heterocycles. The van der Waals surface area contributed by atoms with Crippen LogP contribution in [0, 0.1) is 17.0 Å². The van der Waals surface area contributed by atoms with Crippen molar-refractivity contribution in [3.63, 3.8) is 0 Å². The summed E-state index contributed by atoms with van der Waals surface area (Å²) in [6.07, 6.45) is 1.25. The molecule has 35 heavy (non-hydrogen) atoms. The number of furan rings is 1. The van der Waals surface area contributed by atoms with E-state index in [2.05, 4.69) is 15.8 Å². The van der Waals surface area contributed by atoms with Crippen molar-refractivity contribution in [1.29, 1.82) is 0 Å². The van der Waals surface area contributed by atoms with Gasteiger partial charge in [0.2, 0.25) is 0 Å². The molecular weight excluding hydrogens is 499 g/mol. The van der Waals surface area contributed by atoms with E-state index in [-0.39, 0.29) is 28.1 Å². The van der Waals surface area contributed by atoms with Crippen LogP contribution in [-0.4, -0.2) is 35.6 Å². The second kappa shape index (κ2) is 11.5. The number of hydrogen-bond donors (Lipinski definition) is 2. The molecule has 1 heterocycles. The standard InChI is InChI=1S/C23H20Cl2N4O6/c1-13-5-3-4-6-20(13)34-12-22(30)27-14(2)23(31)28-26-11-15-7-8-21(35-15)16-9-18(25)19(29(32)33)10-17(16)24/h3-11,14H,12H2,1-2H3,(H,27,30)(H,28,31)/b26-11-/t14-/m1/s1. The fourth-order valence-electron chi connectivity index (χ4n) is 2.90. The van der Waals surface area contributed by atoms with Crippen molar-refractivity contribution in [2.24, 2.45) is 5.10 Å². The lowest BCUT2D eigenvalue weighted by Gasteiger charge is -2.13. The van der Waals surface area contributed by atoms with Gasteiger partial charge in [-0.3, -0.25) is 19.7 Å². The van der Waals surface area contributed by atoms with Crippen LogP contribution in [0.15, 0.2) is 58.0 Å². The van der Waals surface area contributed by atoms with E-state index in [1.807, 2.05) is 19.1 Å². The highest BCUT2D eigenvalue weighted by Crippen LogP contribution is 2.37. The Labute approximate surface area is 210 Å². The Hall–Kier alpha value is -3.89. The van der Waals surface area contributed by atoms with Gasteiger partial charge in [0.1, 0.15) is 28.3 Å². The van der Waals surface area contributed by atoms with Crippen molar-refractivity contribution >= 4 is 46.9 Å². The second-order valence-electron chi connectivity index (χ2n) is 7.32. The third kappa shape index (κ3) is 6.81. The van der Waals surface area contributed by atoms with Gasteiger partial charge < -0.3 is 14.5 Å². The molecule has 0 bridgehead atoms. The van der Waals surface area contributed by atoms with Crippen LogP contribution in [0.1, 0.15) is 18.2 Å². The number of ether oxygens (including phenoxy) is 1. The summed E-state index contributed by atoms with van der Waals surface area (Å²) in [7, 11) is 0. The number of aryl methyl sites for hydroxylation is 1. The number of nitro benzene ring substituents is 1. The molecule has 2 amide bonds. The molecule has 0 saturated heterocycles. The highest BCUT2D eigenvalue weighted by Gasteiger charge is 2.19. The molecule has 1 atom stereocenters. The number of benzene rings is 2. The van der Waals surface area contributed by atoms with E-state index in [0.29, 0.717) is 17.1 Å². The first-order valence-electron chi connectivity index (χ1n) is 10.2. The number of carbonyl (C=O) groups is 2. The summed E-state index contributed by atoms with van der Waals surface area (Å²) >= 11 is 12.1. The van der Waals surface area contributed by atoms with E-state index in [1.165, 1.54) is 19.2 Å². The number of carbonyl (C=O) groups excluding carboxylic acids is 2. The van der Waals surface area contributed by atoms with E-state index < -0.39 is 22.8 Å². The monoisotopic (exact) mass is 518 g/mol. The van der Waals surface area contributed by atoms with Gasteiger partial charge in [-0.15, -0.1) is 0 Å². The number of nitro groups is 1.